The Morgan fingerprint density at radius 2 is 1.61 bits per heavy atom. The highest BCUT2D eigenvalue weighted by Crippen LogP contribution is 2.40. The lowest BCUT2D eigenvalue weighted by Gasteiger charge is -2.17. The SMILES string of the molecule is CNC(=O)C1=C(c2ccccc2OC)N(C)C(=O)/C1=C\c1ccccc1OC. The van der Waals surface area contributed by atoms with Gasteiger partial charge in [-0.15, -0.1) is 0 Å². The van der Waals surface area contributed by atoms with Crippen LogP contribution in [-0.2, 0) is 9.59 Å². The minimum Gasteiger partial charge on any atom is -0.496 e. The molecular weight excluding hydrogens is 356 g/mol. The third kappa shape index (κ3) is 3.24. The summed E-state index contributed by atoms with van der Waals surface area (Å²) in [5.74, 6) is 0.578. The molecule has 0 saturated carbocycles. The van der Waals surface area contributed by atoms with Gasteiger partial charge in [-0.05, 0) is 24.3 Å². The molecule has 28 heavy (non-hydrogen) atoms. The zero-order valence-corrected chi connectivity index (χ0v) is 16.3. The number of nitrogens with zero attached hydrogens (tertiary/aromatic N) is 1. The number of amides is 2. The van der Waals surface area contributed by atoms with Crippen molar-refractivity contribution >= 4 is 23.6 Å². The quantitative estimate of drug-likeness (QED) is 0.813. The molecule has 0 fully saturated rings. The molecule has 0 spiro atoms. The summed E-state index contributed by atoms with van der Waals surface area (Å²) >= 11 is 0. The zero-order valence-electron chi connectivity index (χ0n) is 16.3. The lowest BCUT2D eigenvalue weighted by molar-refractivity contribution is -0.122. The smallest absolute Gasteiger partial charge is 0.258 e. The van der Waals surface area contributed by atoms with E-state index >= 15 is 0 Å². The first-order valence-electron chi connectivity index (χ1n) is 8.76. The van der Waals surface area contributed by atoms with Gasteiger partial charge >= 0.3 is 0 Å². The summed E-state index contributed by atoms with van der Waals surface area (Å²) in [6, 6.07) is 14.6. The van der Waals surface area contributed by atoms with Crippen LogP contribution in [0, 0.1) is 0 Å². The fourth-order valence-corrected chi connectivity index (χ4v) is 3.27. The summed E-state index contributed by atoms with van der Waals surface area (Å²) in [6.45, 7) is 0. The first-order chi connectivity index (χ1) is 13.5. The van der Waals surface area contributed by atoms with E-state index in [1.54, 1.807) is 46.5 Å². The summed E-state index contributed by atoms with van der Waals surface area (Å²) in [5, 5.41) is 2.64. The average molecular weight is 378 g/mol. The van der Waals surface area contributed by atoms with E-state index in [-0.39, 0.29) is 11.8 Å². The predicted molar refractivity (Wildman–Crippen MR) is 108 cm³/mol. The van der Waals surface area contributed by atoms with Gasteiger partial charge in [0.25, 0.3) is 11.8 Å². The van der Waals surface area contributed by atoms with Crippen LogP contribution in [0.5, 0.6) is 11.5 Å². The fraction of sp³-hybridized carbons (Fsp3) is 0.182. The predicted octanol–water partition coefficient (Wildman–Crippen LogP) is 2.72. The molecule has 6 heteroatoms. The van der Waals surface area contributed by atoms with E-state index in [0.29, 0.717) is 39.5 Å². The standard InChI is InChI=1S/C22H22N2O4/c1-23-21(25)19-16(13-14-9-5-7-11-17(14)27-3)22(26)24(2)20(19)15-10-6-8-12-18(15)28-4/h5-13H,1-4H3,(H,23,25)/b16-13-. The van der Waals surface area contributed by atoms with Gasteiger partial charge in [0.1, 0.15) is 11.5 Å². The van der Waals surface area contributed by atoms with Crippen molar-refractivity contribution < 1.29 is 19.1 Å². The Hall–Kier alpha value is -3.54. The summed E-state index contributed by atoms with van der Waals surface area (Å²) in [7, 11) is 6.31. The lowest BCUT2D eigenvalue weighted by atomic mass is 9.99. The molecule has 144 valence electrons. The number of likely N-dealkylation sites (N-methyl/N-ethyl adjacent to an activating group) is 2. The molecular formula is C22H22N2O4. The molecule has 6 nitrogen and oxygen atoms in total. The van der Waals surface area contributed by atoms with E-state index in [2.05, 4.69) is 5.32 Å². The molecule has 0 saturated heterocycles. The molecule has 3 rings (SSSR count). The van der Waals surface area contributed by atoms with Crippen LogP contribution >= 0.6 is 0 Å². The highest BCUT2D eigenvalue weighted by atomic mass is 16.5. The highest BCUT2D eigenvalue weighted by molar-refractivity contribution is 6.24. The Morgan fingerprint density at radius 1 is 1.00 bits per heavy atom. The van der Waals surface area contributed by atoms with E-state index in [4.69, 9.17) is 9.47 Å². The largest absolute Gasteiger partial charge is 0.496 e. The zero-order chi connectivity index (χ0) is 20.3. The second kappa shape index (κ2) is 8.00. The Kier molecular flexibility index (Phi) is 5.49. The van der Waals surface area contributed by atoms with Gasteiger partial charge < -0.3 is 19.7 Å². The molecule has 1 N–H and O–H groups in total. The second-order valence-corrected chi connectivity index (χ2v) is 6.17. The van der Waals surface area contributed by atoms with E-state index < -0.39 is 0 Å². The molecule has 0 bridgehead atoms. The van der Waals surface area contributed by atoms with Gasteiger partial charge in [0.15, 0.2) is 0 Å². The minimum absolute atomic E-state index is 0.273. The molecule has 2 amide bonds. The number of hydrogen-bond donors (Lipinski definition) is 1. The van der Waals surface area contributed by atoms with Crippen LogP contribution in [0.15, 0.2) is 59.7 Å². The Bertz CT molecular complexity index is 992. The molecule has 0 aromatic heterocycles. The Labute approximate surface area is 164 Å². The molecule has 0 atom stereocenters. The van der Waals surface area contributed by atoms with Gasteiger partial charge in [0.05, 0.1) is 31.1 Å². The molecule has 1 aliphatic rings. The van der Waals surface area contributed by atoms with Gasteiger partial charge in [-0.1, -0.05) is 30.3 Å². The number of benzene rings is 2. The first-order valence-corrected chi connectivity index (χ1v) is 8.76. The number of carbonyl (C=O) groups excluding carboxylic acids is 2. The summed E-state index contributed by atoms with van der Waals surface area (Å²) in [4.78, 5) is 27.3. The lowest BCUT2D eigenvalue weighted by Crippen LogP contribution is -2.21. The van der Waals surface area contributed by atoms with Crippen molar-refractivity contribution in [2.45, 2.75) is 0 Å². The first kappa shape index (κ1) is 19.2. The maximum Gasteiger partial charge on any atom is 0.258 e. The van der Waals surface area contributed by atoms with Gasteiger partial charge in [-0.3, -0.25) is 9.59 Å². The number of hydrogen-bond acceptors (Lipinski definition) is 4. The van der Waals surface area contributed by atoms with E-state index in [1.807, 2.05) is 36.4 Å². The molecule has 2 aromatic carbocycles. The number of rotatable bonds is 5. The minimum atomic E-state index is -0.347. The van der Waals surface area contributed by atoms with Crippen LogP contribution in [-0.4, -0.2) is 45.0 Å². The highest BCUT2D eigenvalue weighted by Gasteiger charge is 2.37. The van der Waals surface area contributed by atoms with Crippen molar-refractivity contribution in [3.8, 4) is 11.5 Å². The van der Waals surface area contributed by atoms with Gasteiger partial charge in [-0.25, -0.2) is 0 Å². The van der Waals surface area contributed by atoms with Crippen LogP contribution in [0.1, 0.15) is 11.1 Å². The maximum atomic E-state index is 13.1. The van der Waals surface area contributed by atoms with Crippen LogP contribution < -0.4 is 14.8 Å². The Morgan fingerprint density at radius 3 is 2.25 bits per heavy atom. The number of para-hydroxylation sites is 2. The van der Waals surface area contributed by atoms with Crippen molar-refractivity contribution in [1.29, 1.82) is 0 Å². The van der Waals surface area contributed by atoms with Crippen LogP contribution in [0.2, 0.25) is 0 Å². The average Bonchev–Trinajstić information content (AvgIpc) is 2.98. The van der Waals surface area contributed by atoms with E-state index in [9.17, 15) is 9.59 Å². The van der Waals surface area contributed by atoms with Crippen LogP contribution in [0.25, 0.3) is 11.8 Å². The molecule has 2 aromatic rings. The maximum absolute atomic E-state index is 13.1. The molecule has 1 aliphatic heterocycles. The van der Waals surface area contributed by atoms with Crippen molar-refractivity contribution in [2.75, 3.05) is 28.3 Å². The van der Waals surface area contributed by atoms with Crippen LogP contribution in [0.4, 0.5) is 0 Å². The number of carbonyl (C=O) groups is 2. The van der Waals surface area contributed by atoms with Crippen molar-refractivity contribution in [3.63, 3.8) is 0 Å². The monoisotopic (exact) mass is 378 g/mol. The molecule has 0 aliphatic carbocycles. The topological polar surface area (TPSA) is 67.9 Å². The normalized spacial score (nSPS) is 15.2. The van der Waals surface area contributed by atoms with Crippen molar-refractivity contribution in [2.24, 2.45) is 0 Å². The van der Waals surface area contributed by atoms with Crippen molar-refractivity contribution in [1.82, 2.24) is 10.2 Å². The van der Waals surface area contributed by atoms with Gasteiger partial charge in [-0.2, -0.15) is 0 Å². The fourth-order valence-electron chi connectivity index (χ4n) is 3.27. The summed E-state index contributed by atoms with van der Waals surface area (Å²) in [6.07, 6.45) is 1.69. The van der Waals surface area contributed by atoms with E-state index in [1.165, 1.54) is 4.90 Å². The number of nitrogens with one attached hydrogen (secondary N) is 1. The van der Waals surface area contributed by atoms with E-state index in [0.717, 1.165) is 0 Å². The number of methoxy groups -OCH3 is 2. The summed E-state index contributed by atoms with van der Waals surface area (Å²) < 4.78 is 10.8. The molecule has 0 radical (unpaired) electrons. The van der Waals surface area contributed by atoms with Crippen LogP contribution in [0.3, 0.4) is 0 Å². The van der Waals surface area contributed by atoms with Gasteiger partial charge in [0.2, 0.25) is 0 Å². The van der Waals surface area contributed by atoms with Gasteiger partial charge in [0, 0.05) is 25.2 Å². The second-order valence-electron chi connectivity index (χ2n) is 6.17. The number of ether oxygens (including phenoxy) is 2. The third-order valence-corrected chi connectivity index (χ3v) is 4.63. The Balaban J connectivity index is 2.28. The summed E-state index contributed by atoms with van der Waals surface area (Å²) in [5.41, 5.74) is 2.48. The van der Waals surface area contributed by atoms with Crippen molar-refractivity contribution in [3.05, 3.63) is 70.8 Å². The molecule has 1 heterocycles. The molecule has 0 unspecified atom stereocenters. The third-order valence-electron chi connectivity index (χ3n) is 4.63.